The van der Waals surface area contributed by atoms with Gasteiger partial charge in [-0.3, -0.25) is 4.79 Å². The lowest BCUT2D eigenvalue weighted by Gasteiger charge is -2.23. The molecular formula is C26H31N7O. The molecule has 4 aromatic rings. The molecule has 8 heteroatoms. The number of benzene rings is 1. The highest BCUT2D eigenvalue weighted by Gasteiger charge is 2.21. The number of rotatable bonds is 4. The molecule has 1 atom stereocenters. The molecule has 1 aromatic carbocycles. The first-order valence-electron chi connectivity index (χ1n) is 11.8. The highest BCUT2D eigenvalue weighted by Crippen LogP contribution is 2.25. The second-order valence-corrected chi connectivity index (χ2v) is 9.99. The number of anilines is 2. The van der Waals surface area contributed by atoms with E-state index < -0.39 is 0 Å². The maximum atomic E-state index is 13.1. The van der Waals surface area contributed by atoms with E-state index in [1.54, 1.807) is 15.6 Å². The SMILES string of the molecule is CCn1c(=O)c2cnc(Nc3ccc4c(c3)CNC(C)C4)nc2n1-c1cccc(C(C)(C)C)n1. The average Bonchev–Trinajstić information content (AvgIpc) is 3.09. The fraction of sp³-hybridized carbons (Fsp3) is 0.385. The van der Waals surface area contributed by atoms with Crippen molar-refractivity contribution in [2.45, 2.75) is 65.6 Å². The zero-order valence-electron chi connectivity index (χ0n) is 20.4. The van der Waals surface area contributed by atoms with Crippen molar-refractivity contribution in [3.63, 3.8) is 0 Å². The summed E-state index contributed by atoms with van der Waals surface area (Å²) in [5.41, 5.74) is 4.82. The molecule has 0 fully saturated rings. The first kappa shape index (κ1) is 22.3. The highest BCUT2D eigenvalue weighted by atomic mass is 16.1. The topological polar surface area (TPSA) is 89.7 Å². The summed E-state index contributed by atoms with van der Waals surface area (Å²) in [5.74, 6) is 1.11. The summed E-state index contributed by atoms with van der Waals surface area (Å²) in [7, 11) is 0. The van der Waals surface area contributed by atoms with Gasteiger partial charge in [0.1, 0.15) is 5.39 Å². The monoisotopic (exact) mass is 457 g/mol. The quantitative estimate of drug-likeness (QED) is 0.480. The van der Waals surface area contributed by atoms with Crippen LogP contribution in [0.25, 0.3) is 16.9 Å². The minimum Gasteiger partial charge on any atom is -0.324 e. The Labute approximate surface area is 199 Å². The molecule has 1 unspecified atom stereocenters. The number of hydrogen-bond donors (Lipinski definition) is 2. The van der Waals surface area contributed by atoms with Crippen LogP contribution in [0.4, 0.5) is 11.6 Å². The van der Waals surface area contributed by atoms with Crippen LogP contribution in [-0.2, 0) is 24.9 Å². The van der Waals surface area contributed by atoms with Gasteiger partial charge in [0, 0.05) is 42.1 Å². The predicted octanol–water partition coefficient (Wildman–Crippen LogP) is 4.07. The molecule has 176 valence electrons. The summed E-state index contributed by atoms with van der Waals surface area (Å²) >= 11 is 0. The van der Waals surface area contributed by atoms with E-state index in [4.69, 9.17) is 9.97 Å². The van der Waals surface area contributed by atoms with E-state index in [2.05, 4.69) is 61.5 Å². The van der Waals surface area contributed by atoms with E-state index in [-0.39, 0.29) is 11.0 Å². The summed E-state index contributed by atoms with van der Waals surface area (Å²) in [4.78, 5) is 27.2. The van der Waals surface area contributed by atoms with Crippen LogP contribution >= 0.6 is 0 Å². The van der Waals surface area contributed by atoms with Crippen molar-refractivity contribution in [3.05, 3.63) is 69.8 Å². The van der Waals surface area contributed by atoms with Crippen molar-refractivity contribution in [2.24, 2.45) is 0 Å². The molecule has 3 aromatic heterocycles. The minimum atomic E-state index is -0.124. The van der Waals surface area contributed by atoms with Crippen LogP contribution in [-0.4, -0.2) is 30.4 Å². The van der Waals surface area contributed by atoms with Crippen LogP contribution in [0.2, 0.25) is 0 Å². The van der Waals surface area contributed by atoms with Gasteiger partial charge in [-0.05, 0) is 55.7 Å². The summed E-state index contributed by atoms with van der Waals surface area (Å²) in [6.45, 7) is 11.9. The third-order valence-electron chi connectivity index (χ3n) is 6.32. The standard InChI is InChI=1S/C26H31N7O/c1-6-32-24(34)20-15-28-25(29-19-11-10-17-12-16(2)27-14-18(17)13-19)31-23(20)33(32)22-9-7-8-21(30-22)26(3,4)5/h7-11,13,15-16,27H,6,12,14H2,1-5H3,(H,28,29,31). The van der Waals surface area contributed by atoms with Crippen molar-refractivity contribution >= 4 is 22.7 Å². The zero-order chi connectivity index (χ0) is 24.0. The number of aromatic nitrogens is 5. The van der Waals surface area contributed by atoms with E-state index in [0.717, 1.165) is 24.3 Å². The second-order valence-electron chi connectivity index (χ2n) is 9.99. The number of pyridine rings is 1. The van der Waals surface area contributed by atoms with Crippen molar-refractivity contribution in [2.75, 3.05) is 5.32 Å². The molecule has 0 bridgehead atoms. The van der Waals surface area contributed by atoms with E-state index in [1.807, 2.05) is 25.1 Å². The third kappa shape index (κ3) is 3.98. The fourth-order valence-electron chi connectivity index (χ4n) is 4.45. The Balaban J connectivity index is 1.58. The van der Waals surface area contributed by atoms with Gasteiger partial charge in [-0.2, -0.15) is 4.98 Å². The molecule has 0 saturated carbocycles. The van der Waals surface area contributed by atoms with Gasteiger partial charge < -0.3 is 10.6 Å². The highest BCUT2D eigenvalue weighted by molar-refractivity contribution is 5.77. The van der Waals surface area contributed by atoms with E-state index in [0.29, 0.717) is 35.4 Å². The van der Waals surface area contributed by atoms with Crippen LogP contribution in [0.1, 0.15) is 51.4 Å². The Bertz CT molecular complexity index is 1430. The zero-order valence-corrected chi connectivity index (χ0v) is 20.4. The van der Waals surface area contributed by atoms with Crippen LogP contribution < -0.4 is 16.2 Å². The van der Waals surface area contributed by atoms with Crippen LogP contribution in [0.15, 0.2) is 47.4 Å². The molecule has 34 heavy (non-hydrogen) atoms. The van der Waals surface area contributed by atoms with Crippen LogP contribution in [0, 0.1) is 0 Å². The van der Waals surface area contributed by atoms with Gasteiger partial charge in [-0.15, -0.1) is 0 Å². The van der Waals surface area contributed by atoms with Gasteiger partial charge in [-0.1, -0.05) is 32.9 Å². The lowest BCUT2D eigenvalue weighted by atomic mass is 9.92. The molecular weight excluding hydrogens is 426 g/mol. The molecule has 5 rings (SSSR count). The molecule has 0 aliphatic carbocycles. The first-order valence-corrected chi connectivity index (χ1v) is 11.8. The van der Waals surface area contributed by atoms with E-state index in [9.17, 15) is 4.79 Å². The number of nitrogens with one attached hydrogen (secondary N) is 2. The van der Waals surface area contributed by atoms with Gasteiger partial charge in [0.15, 0.2) is 11.5 Å². The molecule has 8 nitrogen and oxygen atoms in total. The summed E-state index contributed by atoms with van der Waals surface area (Å²) in [6, 6.07) is 12.7. The molecule has 0 radical (unpaired) electrons. The fourth-order valence-corrected chi connectivity index (χ4v) is 4.45. The Morgan fingerprint density at radius 2 is 1.97 bits per heavy atom. The van der Waals surface area contributed by atoms with Gasteiger partial charge >= 0.3 is 0 Å². The van der Waals surface area contributed by atoms with E-state index in [1.165, 1.54) is 11.1 Å². The molecule has 0 spiro atoms. The Kier molecular flexibility index (Phi) is 5.48. The van der Waals surface area contributed by atoms with Gasteiger partial charge in [-0.25, -0.2) is 19.3 Å². The number of nitrogens with zero attached hydrogens (tertiary/aromatic N) is 5. The molecule has 0 amide bonds. The van der Waals surface area contributed by atoms with Crippen molar-refractivity contribution in [3.8, 4) is 5.82 Å². The van der Waals surface area contributed by atoms with Crippen molar-refractivity contribution < 1.29 is 0 Å². The molecule has 1 aliphatic heterocycles. The Morgan fingerprint density at radius 1 is 1.15 bits per heavy atom. The normalized spacial score (nSPS) is 16.0. The summed E-state index contributed by atoms with van der Waals surface area (Å²) < 4.78 is 3.46. The summed E-state index contributed by atoms with van der Waals surface area (Å²) in [6.07, 6.45) is 2.63. The maximum Gasteiger partial charge on any atom is 0.278 e. The average molecular weight is 458 g/mol. The van der Waals surface area contributed by atoms with Gasteiger partial charge in [0.25, 0.3) is 5.56 Å². The minimum absolute atomic E-state index is 0.114. The molecule has 0 saturated heterocycles. The first-order chi connectivity index (χ1) is 16.2. The molecule has 2 N–H and O–H groups in total. The maximum absolute atomic E-state index is 13.1. The number of fused-ring (bicyclic) bond motifs is 2. The second kappa shape index (κ2) is 8.36. The van der Waals surface area contributed by atoms with Gasteiger partial charge in [0.2, 0.25) is 5.95 Å². The Hall–Kier alpha value is -3.52. The Morgan fingerprint density at radius 3 is 2.74 bits per heavy atom. The van der Waals surface area contributed by atoms with Crippen molar-refractivity contribution in [1.82, 2.24) is 29.6 Å². The predicted molar refractivity (Wildman–Crippen MR) is 135 cm³/mol. The summed E-state index contributed by atoms with van der Waals surface area (Å²) in [5, 5.41) is 7.30. The lowest BCUT2D eigenvalue weighted by molar-refractivity contribution is 0.514. The largest absolute Gasteiger partial charge is 0.324 e. The van der Waals surface area contributed by atoms with E-state index >= 15 is 0 Å². The van der Waals surface area contributed by atoms with Crippen molar-refractivity contribution in [1.29, 1.82) is 0 Å². The number of hydrogen-bond acceptors (Lipinski definition) is 6. The van der Waals surface area contributed by atoms with Gasteiger partial charge in [0.05, 0.1) is 0 Å². The third-order valence-corrected chi connectivity index (χ3v) is 6.32. The molecule has 4 heterocycles. The smallest absolute Gasteiger partial charge is 0.278 e. The van der Waals surface area contributed by atoms with Crippen LogP contribution in [0.5, 0.6) is 0 Å². The molecule has 1 aliphatic rings. The lowest BCUT2D eigenvalue weighted by Crippen LogP contribution is -2.32. The van der Waals surface area contributed by atoms with Crippen LogP contribution in [0.3, 0.4) is 0 Å².